The first-order valence-electron chi connectivity index (χ1n) is 6.43. The fraction of sp³-hybridized carbons (Fsp3) is 0.917. The molecule has 0 aromatic carbocycles. The predicted octanol–water partition coefficient (Wildman–Crippen LogP) is 1.70. The number of carbonyl (C=O) groups is 1. The Hall–Kier alpha value is -0.770. The molecule has 0 radical (unpaired) electrons. The zero-order chi connectivity index (χ0) is 12.0. The molecule has 1 unspecified atom stereocenters. The summed E-state index contributed by atoms with van der Waals surface area (Å²) in [5.74, 6) is 0. The Labute approximate surface area is 98.6 Å². The van der Waals surface area contributed by atoms with Crippen molar-refractivity contribution in [1.82, 2.24) is 10.2 Å². The Morgan fingerprint density at radius 2 is 2.25 bits per heavy atom. The van der Waals surface area contributed by atoms with Gasteiger partial charge in [0.05, 0.1) is 0 Å². The Morgan fingerprint density at radius 1 is 1.50 bits per heavy atom. The van der Waals surface area contributed by atoms with Gasteiger partial charge in [0.15, 0.2) is 0 Å². The molecule has 1 saturated heterocycles. The van der Waals surface area contributed by atoms with Gasteiger partial charge in [-0.1, -0.05) is 20.3 Å². The minimum absolute atomic E-state index is 0.0522. The number of hydrogen-bond donors (Lipinski definition) is 2. The first-order chi connectivity index (χ1) is 7.61. The number of carbonyl (C=O) groups excluding carboxylic acids is 1. The van der Waals surface area contributed by atoms with Crippen LogP contribution in [0, 0.1) is 0 Å². The highest BCUT2D eigenvalue weighted by molar-refractivity contribution is 5.74. The molecule has 1 atom stereocenters. The number of urea groups is 1. The van der Waals surface area contributed by atoms with E-state index in [0.29, 0.717) is 6.54 Å². The van der Waals surface area contributed by atoms with Gasteiger partial charge in [-0.2, -0.15) is 0 Å². The molecule has 2 amide bonds. The quantitative estimate of drug-likeness (QED) is 0.718. The lowest BCUT2D eigenvalue weighted by Crippen LogP contribution is -2.57. The number of likely N-dealkylation sites (tertiary alicyclic amines) is 1. The minimum atomic E-state index is -0.166. The van der Waals surface area contributed by atoms with E-state index in [2.05, 4.69) is 19.2 Å². The zero-order valence-corrected chi connectivity index (χ0v) is 10.6. The summed E-state index contributed by atoms with van der Waals surface area (Å²) >= 11 is 0. The van der Waals surface area contributed by atoms with Crippen molar-refractivity contribution in [1.29, 1.82) is 0 Å². The van der Waals surface area contributed by atoms with Crippen LogP contribution in [0.25, 0.3) is 0 Å². The second-order valence-corrected chi connectivity index (χ2v) is 4.83. The molecule has 0 spiro atoms. The van der Waals surface area contributed by atoms with Crippen molar-refractivity contribution in [2.24, 2.45) is 5.73 Å². The van der Waals surface area contributed by atoms with Crippen LogP contribution < -0.4 is 11.1 Å². The SMILES string of the molecule is CCCCNC(=O)N1CCCC(N)(CC)C1. The second kappa shape index (κ2) is 6.09. The molecule has 3 N–H and O–H groups in total. The fourth-order valence-corrected chi connectivity index (χ4v) is 2.11. The van der Waals surface area contributed by atoms with E-state index in [1.807, 2.05) is 4.90 Å². The van der Waals surface area contributed by atoms with Crippen LogP contribution in [-0.4, -0.2) is 36.1 Å². The molecule has 1 heterocycles. The molecule has 0 aromatic rings. The van der Waals surface area contributed by atoms with Crippen LogP contribution in [0.2, 0.25) is 0 Å². The number of nitrogens with two attached hydrogens (primary N) is 1. The highest BCUT2D eigenvalue weighted by Gasteiger charge is 2.31. The lowest BCUT2D eigenvalue weighted by molar-refractivity contribution is 0.149. The summed E-state index contributed by atoms with van der Waals surface area (Å²) in [6.45, 7) is 6.53. The van der Waals surface area contributed by atoms with E-state index in [1.54, 1.807) is 0 Å². The van der Waals surface area contributed by atoms with Crippen molar-refractivity contribution in [3.8, 4) is 0 Å². The van der Waals surface area contributed by atoms with Crippen LogP contribution in [0.15, 0.2) is 0 Å². The summed E-state index contributed by atoms with van der Waals surface area (Å²) in [4.78, 5) is 13.7. The molecule has 0 saturated carbocycles. The number of nitrogens with zero attached hydrogens (tertiary/aromatic N) is 1. The van der Waals surface area contributed by atoms with Crippen molar-refractivity contribution >= 4 is 6.03 Å². The summed E-state index contributed by atoms with van der Waals surface area (Å²) in [6.07, 6.45) is 5.14. The highest BCUT2D eigenvalue weighted by Crippen LogP contribution is 2.21. The van der Waals surface area contributed by atoms with Crippen molar-refractivity contribution in [2.75, 3.05) is 19.6 Å². The van der Waals surface area contributed by atoms with Gasteiger partial charge in [0.2, 0.25) is 0 Å². The summed E-state index contributed by atoms with van der Waals surface area (Å²) in [5.41, 5.74) is 6.05. The van der Waals surface area contributed by atoms with E-state index in [9.17, 15) is 4.79 Å². The first-order valence-corrected chi connectivity index (χ1v) is 6.43. The van der Waals surface area contributed by atoms with Gasteiger partial charge in [-0.3, -0.25) is 0 Å². The largest absolute Gasteiger partial charge is 0.338 e. The van der Waals surface area contributed by atoms with E-state index < -0.39 is 0 Å². The normalized spacial score (nSPS) is 25.6. The molecule has 1 aliphatic rings. The number of rotatable bonds is 4. The molecule has 0 bridgehead atoms. The molecule has 1 rings (SSSR count). The molecule has 1 fully saturated rings. The summed E-state index contributed by atoms with van der Waals surface area (Å²) < 4.78 is 0. The molecule has 1 aliphatic heterocycles. The number of piperidine rings is 1. The molecular weight excluding hydrogens is 202 g/mol. The third-order valence-electron chi connectivity index (χ3n) is 3.41. The van der Waals surface area contributed by atoms with Gasteiger partial charge in [-0.25, -0.2) is 4.79 Å². The standard InChI is InChI=1S/C12H25N3O/c1-3-5-8-14-11(16)15-9-6-7-12(13,4-2)10-15/h3-10,13H2,1-2H3,(H,14,16). The van der Waals surface area contributed by atoms with Gasteiger partial charge < -0.3 is 16.0 Å². The molecular formula is C12H25N3O. The predicted molar refractivity (Wildman–Crippen MR) is 66.3 cm³/mol. The van der Waals surface area contributed by atoms with Gasteiger partial charge in [0, 0.05) is 25.2 Å². The van der Waals surface area contributed by atoms with Crippen LogP contribution in [0.1, 0.15) is 46.0 Å². The molecule has 4 heteroatoms. The van der Waals surface area contributed by atoms with Crippen molar-refractivity contribution in [2.45, 2.75) is 51.5 Å². The van der Waals surface area contributed by atoms with Crippen LogP contribution in [0.4, 0.5) is 4.79 Å². The maximum Gasteiger partial charge on any atom is 0.317 e. The van der Waals surface area contributed by atoms with Gasteiger partial charge in [-0.15, -0.1) is 0 Å². The third kappa shape index (κ3) is 3.67. The highest BCUT2D eigenvalue weighted by atomic mass is 16.2. The van der Waals surface area contributed by atoms with E-state index in [1.165, 1.54) is 0 Å². The second-order valence-electron chi connectivity index (χ2n) is 4.83. The number of amides is 2. The Morgan fingerprint density at radius 3 is 2.88 bits per heavy atom. The van der Waals surface area contributed by atoms with E-state index in [-0.39, 0.29) is 11.6 Å². The molecule has 94 valence electrons. The van der Waals surface area contributed by atoms with Gasteiger partial charge >= 0.3 is 6.03 Å². The average molecular weight is 227 g/mol. The van der Waals surface area contributed by atoms with Gasteiger partial charge in [0.1, 0.15) is 0 Å². The third-order valence-corrected chi connectivity index (χ3v) is 3.41. The van der Waals surface area contributed by atoms with Crippen LogP contribution in [0.5, 0.6) is 0 Å². The fourth-order valence-electron chi connectivity index (χ4n) is 2.11. The van der Waals surface area contributed by atoms with Crippen LogP contribution in [-0.2, 0) is 0 Å². The molecule has 0 aromatic heterocycles. The van der Waals surface area contributed by atoms with Gasteiger partial charge in [0.25, 0.3) is 0 Å². The Balaban J connectivity index is 2.38. The molecule has 4 nitrogen and oxygen atoms in total. The van der Waals surface area contributed by atoms with E-state index in [0.717, 1.165) is 45.2 Å². The summed E-state index contributed by atoms with van der Waals surface area (Å²) in [6, 6.07) is 0.0522. The van der Waals surface area contributed by atoms with Crippen molar-refractivity contribution < 1.29 is 4.79 Å². The van der Waals surface area contributed by atoms with Crippen molar-refractivity contribution in [3.63, 3.8) is 0 Å². The van der Waals surface area contributed by atoms with Crippen LogP contribution in [0.3, 0.4) is 0 Å². The number of hydrogen-bond acceptors (Lipinski definition) is 2. The van der Waals surface area contributed by atoms with Crippen LogP contribution >= 0.6 is 0 Å². The average Bonchev–Trinajstić information content (AvgIpc) is 2.29. The molecule has 0 aliphatic carbocycles. The monoisotopic (exact) mass is 227 g/mol. The Bertz CT molecular complexity index is 232. The van der Waals surface area contributed by atoms with Gasteiger partial charge in [-0.05, 0) is 25.7 Å². The smallest absolute Gasteiger partial charge is 0.317 e. The number of nitrogens with one attached hydrogen (secondary N) is 1. The maximum atomic E-state index is 11.8. The topological polar surface area (TPSA) is 58.4 Å². The maximum absolute atomic E-state index is 11.8. The lowest BCUT2D eigenvalue weighted by atomic mass is 9.88. The minimum Gasteiger partial charge on any atom is -0.338 e. The summed E-state index contributed by atoms with van der Waals surface area (Å²) in [7, 11) is 0. The Kier molecular flexibility index (Phi) is 5.06. The molecule has 16 heavy (non-hydrogen) atoms. The first kappa shape index (κ1) is 13.3. The lowest BCUT2D eigenvalue weighted by Gasteiger charge is -2.39. The van der Waals surface area contributed by atoms with Crippen molar-refractivity contribution in [3.05, 3.63) is 0 Å². The number of unbranched alkanes of at least 4 members (excludes halogenated alkanes) is 1. The summed E-state index contributed by atoms with van der Waals surface area (Å²) in [5, 5.41) is 2.95. The zero-order valence-electron chi connectivity index (χ0n) is 10.6. The van der Waals surface area contributed by atoms with E-state index >= 15 is 0 Å². The van der Waals surface area contributed by atoms with E-state index in [4.69, 9.17) is 5.73 Å².